The molecule has 1 aromatic carbocycles. The number of hydrogen-bond donors (Lipinski definition) is 2. The lowest BCUT2D eigenvalue weighted by atomic mass is 10.0. The van der Waals surface area contributed by atoms with Crippen molar-refractivity contribution in [1.29, 1.82) is 0 Å². The minimum atomic E-state index is -0.509. The number of anilines is 1. The van der Waals surface area contributed by atoms with Gasteiger partial charge in [-0.05, 0) is 38.1 Å². The summed E-state index contributed by atoms with van der Waals surface area (Å²) in [7, 11) is 0. The van der Waals surface area contributed by atoms with E-state index in [0.29, 0.717) is 0 Å². The molecule has 0 atom stereocenters. The van der Waals surface area contributed by atoms with Crippen LogP contribution in [-0.2, 0) is 4.79 Å². The van der Waals surface area contributed by atoms with Crippen molar-refractivity contribution < 1.29 is 4.79 Å². The van der Waals surface area contributed by atoms with E-state index in [-0.39, 0.29) is 12.3 Å². The number of rotatable bonds is 4. The van der Waals surface area contributed by atoms with Gasteiger partial charge in [-0.1, -0.05) is 0 Å². The number of benzene rings is 1. The zero-order valence-electron chi connectivity index (χ0n) is 11.0. The second-order valence-corrected chi connectivity index (χ2v) is 5.10. The molecular weight excluding hydrogens is 242 g/mol. The zero-order valence-corrected chi connectivity index (χ0v) is 11.0. The highest BCUT2D eigenvalue weighted by atomic mass is 16.1. The average Bonchev–Trinajstić information content (AvgIpc) is 2.80. The number of amides is 1. The third kappa shape index (κ3) is 3.89. The van der Waals surface area contributed by atoms with Crippen molar-refractivity contribution in [3.05, 3.63) is 36.9 Å². The molecule has 19 heavy (non-hydrogen) atoms. The molecule has 1 aromatic heterocycles. The van der Waals surface area contributed by atoms with Crippen LogP contribution in [0.1, 0.15) is 20.3 Å². The number of nitrogens with zero attached hydrogens (tertiary/aromatic N) is 3. The summed E-state index contributed by atoms with van der Waals surface area (Å²) in [5.74, 6) is -0.0963. The van der Waals surface area contributed by atoms with Gasteiger partial charge in [0.25, 0.3) is 0 Å². The Morgan fingerprint density at radius 3 is 2.58 bits per heavy atom. The first-order valence-corrected chi connectivity index (χ1v) is 5.98. The Morgan fingerprint density at radius 2 is 2.05 bits per heavy atom. The van der Waals surface area contributed by atoms with Gasteiger partial charge in [0, 0.05) is 17.6 Å². The molecule has 2 rings (SSSR count). The molecule has 0 bridgehead atoms. The Bertz CT molecular complexity index is 539. The predicted octanol–water partition coefficient (Wildman–Crippen LogP) is 1.33. The van der Waals surface area contributed by atoms with Gasteiger partial charge in [-0.15, -0.1) is 0 Å². The number of carbonyl (C=O) groups excluding carboxylic acids is 1. The van der Waals surface area contributed by atoms with Crippen molar-refractivity contribution in [2.75, 3.05) is 5.32 Å². The number of aromatic nitrogens is 3. The Morgan fingerprint density at radius 1 is 1.37 bits per heavy atom. The maximum atomic E-state index is 11.7. The third-order valence-electron chi connectivity index (χ3n) is 2.45. The number of nitrogens with two attached hydrogens (primary N) is 1. The van der Waals surface area contributed by atoms with E-state index in [1.807, 2.05) is 38.1 Å². The number of carbonyl (C=O) groups is 1. The van der Waals surface area contributed by atoms with E-state index in [1.54, 1.807) is 11.0 Å². The second kappa shape index (κ2) is 5.19. The quantitative estimate of drug-likeness (QED) is 0.867. The van der Waals surface area contributed by atoms with Crippen molar-refractivity contribution in [3.63, 3.8) is 0 Å². The molecule has 0 unspecified atom stereocenters. The molecule has 1 heterocycles. The van der Waals surface area contributed by atoms with Crippen LogP contribution in [0.4, 0.5) is 5.69 Å². The first kappa shape index (κ1) is 13.2. The fourth-order valence-corrected chi connectivity index (χ4v) is 1.66. The molecule has 0 aliphatic rings. The summed E-state index contributed by atoms with van der Waals surface area (Å²) in [5.41, 5.74) is 6.91. The van der Waals surface area contributed by atoms with Crippen LogP contribution in [0.3, 0.4) is 0 Å². The van der Waals surface area contributed by atoms with Gasteiger partial charge in [-0.25, -0.2) is 9.67 Å². The lowest BCUT2D eigenvalue weighted by molar-refractivity contribution is -0.117. The summed E-state index contributed by atoms with van der Waals surface area (Å²) in [6.45, 7) is 3.64. The standard InChI is InChI=1S/C13H17N5O/c1-13(2,14)7-12(19)17-10-3-5-11(6-4-10)18-9-15-8-16-18/h3-6,8-9H,7,14H2,1-2H3,(H,17,19). The van der Waals surface area contributed by atoms with Gasteiger partial charge in [0.2, 0.25) is 5.91 Å². The van der Waals surface area contributed by atoms with Crippen molar-refractivity contribution >= 4 is 11.6 Å². The zero-order chi connectivity index (χ0) is 13.9. The van der Waals surface area contributed by atoms with Crippen LogP contribution in [0, 0.1) is 0 Å². The van der Waals surface area contributed by atoms with Crippen LogP contribution in [0.2, 0.25) is 0 Å². The van der Waals surface area contributed by atoms with E-state index < -0.39 is 5.54 Å². The molecule has 0 saturated heterocycles. The molecule has 0 fully saturated rings. The van der Waals surface area contributed by atoms with Crippen LogP contribution < -0.4 is 11.1 Å². The smallest absolute Gasteiger partial charge is 0.226 e. The monoisotopic (exact) mass is 259 g/mol. The number of hydrogen-bond acceptors (Lipinski definition) is 4. The number of nitrogens with one attached hydrogen (secondary N) is 1. The summed E-state index contributed by atoms with van der Waals surface area (Å²) in [5, 5.41) is 6.83. The first-order valence-electron chi connectivity index (χ1n) is 5.98. The molecule has 3 N–H and O–H groups in total. The van der Waals surface area contributed by atoms with E-state index >= 15 is 0 Å². The largest absolute Gasteiger partial charge is 0.326 e. The maximum Gasteiger partial charge on any atom is 0.226 e. The van der Waals surface area contributed by atoms with E-state index in [2.05, 4.69) is 15.4 Å². The summed E-state index contributed by atoms with van der Waals surface area (Å²) in [6, 6.07) is 7.35. The average molecular weight is 259 g/mol. The highest BCUT2D eigenvalue weighted by Gasteiger charge is 2.16. The van der Waals surface area contributed by atoms with Gasteiger partial charge in [0.05, 0.1) is 5.69 Å². The minimum absolute atomic E-state index is 0.0963. The van der Waals surface area contributed by atoms with E-state index in [9.17, 15) is 4.79 Å². The molecule has 0 aliphatic carbocycles. The Kier molecular flexibility index (Phi) is 3.62. The van der Waals surface area contributed by atoms with Gasteiger partial charge in [-0.3, -0.25) is 4.79 Å². The van der Waals surface area contributed by atoms with E-state index in [1.165, 1.54) is 6.33 Å². The van der Waals surface area contributed by atoms with Gasteiger partial charge < -0.3 is 11.1 Å². The third-order valence-corrected chi connectivity index (χ3v) is 2.45. The maximum absolute atomic E-state index is 11.7. The summed E-state index contributed by atoms with van der Waals surface area (Å²) in [4.78, 5) is 15.6. The van der Waals surface area contributed by atoms with E-state index in [4.69, 9.17) is 5.73 Å². The Labute approximate surface area is 111 Å². The predicted molar refractivity (Wildman–Crippen MR) is 72.9 cm³/mol. The highest BCUT2D eigenvalue weighted by molar-refractivity contribution is 5.91. The van der Waals surface area contributed by atoms with Crippen LogP contribution in [0.15, 0.2) is 36.9 Å². The first-order chi connectivity index (χ1) is 8.94. The van der Waals surface area contributed by atoms with Crippen molar-refractivity contribution in [1.82, 2.24) is 14.8 Å². The SMILES string of the molecule is CC(C)(N)CC(=O)Nc1ccc(-n2cncn2)cc1. The van der Waals surface area contributed by atoms with Gasteiger partial charge >= 0.3 is 0 Å². The minimum Gasteiger partial charge on any atom is -0.326 e. The van der Waals surface area contributed by atoms with Crippen LogP contribution in [-0.4, -0.2) is 26.2 Å². The molecular formula is C13H17N5O. The van der Waals surface area contributed by atoms with Crippen LogP contribution >= 0.6 is 0 Å². The molecule has 100 valence electrons. The lowest BCUT2D eigenvalue weighted by Crippen LogP contribution is -2.36. The molecule has 6 nitrogen and oxygen atoms in total. The van der Waals surface area contributed by atoms with Gasteiger partial charge in [-0.2, -0.15) is 5.10 Å². The fraction of sp³-hybridized carbons (Fsp3) is 0.308. The molecule has 1 amide bonds. The van der Waals surface area contributed by atoms with Gasteiger partial charge in [0.1, 0.15) is 12.7 Å². The highest BCUT2D eigenvalue weighted by Crippen LogP contribution is 2.13. The summed E-state index contributed by atoms with van der Waals surface area (Å²) >= 11 is 0. The molecule has 6 heteroatoms. The molecule has 0 spiro atoms. The van der Waals surface area contributed by atoms with E-state index in [0.717, 1.165) is 11.4 Å². The molecule has 2 aromatic rings. The van der Waals surface area contributed by atoms with Crippen molar-refractivity contribution in [3.8, 4) is 5.69 Å². The second-order valence-electron chi connectivity index (χ2n) is 5.10. The van der Waals surface area contributed by atoms with Crippen molar-refractivity contribution in [2.45, 2.75) is 25.8 Å². The Hall–Kier alpha value is -2.21. The normalized spacial score (nSPS) is 11.3. The summed E-state index contributed by atoms with van der Waals surface area (Å²) in [6.07, 6.45) is 3.36. The lowest BCUT2D eigenvalue weighted by Gasteiger charge is -2.17. The van der Waals surface area contributed by atoms with Crippen molar-refractivity contribution in [2.24, 2.45) is 5.73 Å². The fourth-order valence-electron chi connectivity index (χ4n) is 1.66. The Balaban J connectivity index is 2.01. The summed E-state index contributed by atoms with van der Waals surface area (Å²) < 4.78 is 1.65. The topological polar surface area (TPSA) is 85.8 Å². The molecule has 0 aliphatic heterocycles. The van der Waals surface area contributed by atoms with Gasteiger partial charge in [0.15, 0.2) is 0 Å². The molecule has 0 saturated carbocycles. The van der Waals surface area contributed by atoms with Crippen LogP contribution in [0.5, 0.6) is 0 Å². The molecule has 0 radical (unpaired) electrons. The van der Waals surface area contributed by atoms with Crippen LogP contribution in [0.25, 0.3) is 5.69 Å².